The first-order valence-corrected chi connectivity index (χ1v) is 5.75. The van der Waals surface area contributed by atoms with Crippen LogP contribution in [-0.2, 0) is 4.79 Å². The summed E-state index contributed by atoms with van der Waals surface area (Å²) >= 11 is 0. The fourth-order valence-electron chi connectivity index (χ4n) is 2.06. The Morgan fingerprint density at radius 2 is 2.15 bits per heavy atom. The first-order valence-electron chi connectivity index (χ1n) is 5.75. The summed E-state index contributed by atoms with van der Waals surface area (Å²) in [6, 6.07) is 2.25. The van der Waals surface area contributed by atoms with E-state index < -0.39 is 12.0 Å². The first-order chi connectivity index (χ1) is 9.58. The second kappa shape index (κ2) is 4.30. The van der Waals surface area contributed by atoms with E-state index >= 15 is 0 Å². The van der Waals surface area contributed by atoms with Gasteiger partial charge in [0.05, 0.1) is 5.69 Å². The number of pyridine rings is 1. The van der Waals surface area contributed by atoms with Crippen LogP contribution in [0.4, 0.5) is 10.5 Å². The number of amides is 3. The van der Waals surface area contributed by atoms with E-state index in [4.69, 9.17) is 5.11 Å². The molecule has 3 heterocycles. The molecule has 9 heteroatoms. The van der Waals surface area contributed by atoms with Crippen molar-refractivity contribution in [2.24, 2.45) is 0 Å². The third-order valence-electron chi connectivity index (χ3n) is 2.97. The number of nitrogens with zero attached hydrogens (tertiary/aromatic N) is 4. The summed E-state index contributed by atoms with van der Waals surface area (Å²) in [6.07, 6.45) is 1.38. The smallest absolute Gasteiger partial charge is 0.354 e. The number of rotatable bonds is 2. The van der Waals surface area contributed by atoms with Gasteiger partial charge in [-0.1, -0.05) is 0 Å². The minimum atomic E-state index is -1.15. The molecule has 1 aliphatic rings. The van der Waals surface area contributed by atoms with Crippen LogP contribution in [0.5, 0.6) is 0 Å². The number of imide groups is 1. The van der Waals surface area contributed by atoms with Gasteiger partial charge in [-0.05, 0) is 12.1 Å². The van der Waals surface area contributed by atoms with E-state index in [2.05, 4.69) is 15.4 Å². The molecule has 0 bridgehead atoms. The molecule has 0 unspecified atom stereocenters. The molecule has 0 atom stereocenters. The highest BCUT2D eigenvalue weighted by Gasteiger charge is 2.27. The molecule has 0 spiro atoms. The van der Waals surface area contributed by atoms with Crippen molar-refractivity contribution in [3.8, 4) is 0 Å². The molecule has 3 amide bonds. The van der Waals surface area contributed by atoms with Crippen LogP contribution in [0.1, 0.15) is 16.9 Å². The molecule has 9 nitrogen and oxygen atoms in total. The Balaban J connectivity index is 2.11. The summed E-state index contributed by atoms with van der Waals surface area (Å²) in [5.74, 6) is -1.49. The fraction of sp³-hybridized carbons (Fsp3) is 0.182. The maximum absolute atomic E-state index is 11.8. The average molecular weight is 275 g/mol. The van der Waals surface area contributed by atoms with Crippen LogP contribution in [0, 0.1) is 0 Å². The molecule has 1 aliphatic heterocycles. The van der Waals surface area contributed by atoms with Gasteiger partial charge in [-0.3, -0.25) is 15.0 Å². The van der Waals surface area contributed by atoms with Crippen molar-refractivity contribution in [2.75, 3.05) is 11.4 Å². The van der Waals surface area contributed by atoms with E-state index in [9.17, 15) is 14.4 Å². The zero-order valence-corrected chi connectivity index (χ0v) is 10.1. The predicted octanol–water partition coefficient (Wildman–Crippen LogP) is -0.126. The lowest BCUT2D eigenvalue weighted by atomic mass is 10.2. The van der Waals surface area contributed by atoms with E-state index in [1.165, 1.54) is 23.4 Å². The SMILES string of the molecule is O=C1CCN(c2ccc(C(=O)O)n3ncnc23)C(=O)N1. The molecular weight excluding hydrogens is 266 g/mol. The van der Waals surface area contributed by atoms with Crippen molar-refractivity contribution in [3.63, 3.8) is 0 Å². The Hall–Kier alpha value is -2.97. The lowest BCUT2D eigenvalue weighted by Gasteiger charge is -2.26. The molecule has 2 aromatic heterocycles. The Labute approximate surface area is 111 Å². The van der Waals surface area contributed by atoms with Crippen LogP contribution in [0.25, 0.3) is 5.65 Å². The molecule has 20 heavy (non-hydrogen) atoms. The molecule has 102 valence electrons. The van der Waals surface area contributed by atoms with E-state index in [-0.39, 0.29) is 30.2 Å². The summed E-state index contributed by atoms with van der Waals surface area (Å²) in [4.78, 5) is 39.3. The average Bonchev–Trinajstić information content (AvgIpc) is 2.87. The van der Waals surface area contributed by atoms with Crippen LogP contribution in [0.2, 0.25) is 0 Å². The number of carbonyl (C=O) groups is 3. The number of carbonyl (C=O) groups excluding carboxylic acids is 2. The molecule has 0 aliphatic carbocycles. The van der Waals surface area contributed by atoms with Crippen molar-refractivity contribution in [2.45, 2.75) is 6.42 Å². The van der Waals surface area contributed by atoms with Gasteiger partial charge in [0, 0.05) is 13.0 Å². The second-order valence-corrected chi connectivity index (χ2v) is 4.16. The van der Waals surface area contributed by atoms with Crippen molar-refractivity contribution in [1.82, 2.24) is 19.9 Å². The van der Waals surface area contributed by atoms with Gasteiger partial charge >= 0.3 is 12.0 Å². The van der Waals surface area contributed by atoms with Crippen molar-refractivity contribution in [1.29, 1.82) is 0 Å². The number of hydrogen-bond acceptors (Lipinski definition) is 5. The highest BCUT2D eigenvalue weighted by molar-refractivity contribution is 6.07. The topological polar surface area (TPSA) is 117 Å². The number of carboxylic acid groups (broad SMARTS) is 1. The van der Waals surface area contributed by atoms with Gasteiger partial charge in [0.1, 0.15) is 6.33 Å². The Kier molecular flexibility index (Phi) is 2.60. The van der Waals surface area contributed by atoms with E-state index in [0.717, 1.165) is 4.52 Å². The largest absolute Gasteiger partial charge is 0.477 e. The Bertz CT molecular complexity index is 737. The molecule has 0 saturated carbocycles. The van der Waals surface area contributed by atoms with Crippen LogP contribution < -0.4 is 10.2 Å². The summed E-state index contributed by atoms with van der Waals surface area (Å²) in [5.41, 5.74) is 0.585. The standard InChI is InChI=1S/C11H9N5O4/c17-8-3-4-15(11(20)14-8)6-1-2-7(10(18)19)16-9(6)12-5-13-16/h1-2,5H,3-4H2,(H,18,19)(H,14,17,20). The van der Waals surface area contributed by atoms with E-state index in [1.54, 1.807) is 0 Å². The van der Waals surface area contributed by atoms with Crippen molar-refractivity contribution < 1.29 is 19.5 Å². The van der Waals surface area contributed by atoms with Crippen LogP contribution in [0.3, 0.4) is 0 Å². The molecule has 3 rings (SSSR count). The third kappa shape index (κ3) is 1.76. The molecule has 2 aromatic rings. The van der Waals surface area contributed by atoms with Gasteiger partial charge in [0.25, 0.3) is 0 Å². The number of anilines is 1. The lowest BCUT2D eigenvalue weighted by Crippen LogP contribution is -2.49. The number of hydrogen-bond donors (Lipinski definition) is 2. The lowest BCUT2D eigenvalue weighted by molar-refractivity contribution is -0.120. The number of aromatic carboxylic acids is 1. The monoisotopic (exact) mass is 275 g/mol. The summed E-state index contributed by atoms with van der Waals surface area (Å²) in [6.45, 7) is 0.208. The molecule has 1 fully saturated rings. The molecule has 0 aromatic carbocycles. The zero-order chi connectivity index (χ0) is 14.3. The van der Waals surface area contributed by atoms with Gasteiger partial charge < -0.3 is 5.11 Å². The number of fused-ring (bicyclic) bond motifs is 1. The quantitative estimate of drug-likeness (QED) is 0.788. The number of aromatic nitrogens is 3. The number of urea groups is 1. The van der Waals surface area contributed by atoms with Crippen LogP contribution in [0.15, 0.2) is 18.5 Å². The molecule has 1 saturated heterocycles. The molecular formula is C11H9N5O4. The third-order valence-corrected chi connectivity index (χ3v) is 2.97. The van der Waals surface area contributed by atoms with Gasteiger partial charge in [0.2, 0.25) is 5.91 Å². The minimum absolute atomic E-state index is 0.0604. The molecule has 2 N–H and O–H groups in total. The van der Waals surface area contributed by atoms with Crippen molar-refractivity contribution >= 4 is 29.2 Å². The van der Waals surface area contributed by atoms with Gasteiger partial charge in [0.15, 0.2) is 11.3 Å². The van der Waals surface area contributed by atoms with Gasteiger partial charge in [-0.25, -0.2) is 19.1 Å². The summed E-state index contributed by atoms with van der Waals surface area (Å²) < 4.78 is 1.14. The highest BCUT2D eigenvalue weighted by atomic mass is 16.4. The van der Waals surface area contributed by atoms with E-state index in [0.29, 0.717) is 5.69 Å². The number of carboxylic acids is 1. The maximum atomic E-state index is 11.8. The summed E-state index contributed by atoms with van der Waals surface area (Å²) in [7, 11) is 0. The normalized spacial score (nSPS) is 15.5. The highest BCUT2D eigenvalue weighted by Crippen LogP contribution is 2.23. The van der Waals surface area contributed by atoms with Gasteiger partial charge in [-0.2, -0.15) is 5.10 Å². The minimum Gasteiger partial charge on any atom is -0.477 e. The molecule has 0 radical (unpaired) electrons. The second-order valence-electron chi connectivity index (χ2n) is 4.16. The summed E-state index contributed by atoms with van der Waals surface area (Å²) in [5, 5.41) is 15.1. The number of nitrogens with one attached hydrogen (secondary N) is 1. The van der Waals surface area contributed by atoms with Crippen molar-refractivity contribution in [3.05, 3.63) is 24.2 Å². The first kappa shape index (κ1) is 12.1. The van der Waals surface area contributed by atoms with Crippen LogP contribution in [-0.4, -0.2) is 44.2 Å². The van der Waals surface area contributed by atoms with E-state index in [1.807, 2.05) is 0 Å². The maximum Gasteiger partial charge on any atom is 0.354 e. The van der Waals surface area contributed by atoms with Crippen LogP contribution >= 0.6 is 0 Å². The Morgan fingerprint density at radius 3 is 2.85 bits per heavy atom. The zero-order valence-electron chi connectivity index (χ0n) is 10.1. The fourth-order valence-corrected chi connectivity index (χ4v) is 2.06. The predicted molar refractivity (Wildman–Crippen MR) is 65.4 cm³/mol. The Morgan fingerprint density at radius 1 is 1.35 bits per heavy atom. The van der Waals surface area contributed by atoms with Gasteiger partial charge in [-0.15, -0.1) is 0 Å².